The van der Waals surface area contributed by atoms with Crippen molar-refractivity contribution >= 4 is 0 Å². The number of hydrogen-bond donors (Lipinski definition) is 0. The van der Waals surface area contributed by atoms with Crippen LogP contribution in [0, 0.1) is 32.1 Å². The van der Waals surface area contributed by atoms with Gasteiger partial charge in [0.2, 0.25) is 0 Å². The van der Waals surface area contributed by atoms with Crippen LogP contribution in [-0.2, 0) is 6.42 Å². The van der Waals surface area contributed by atoms with Gasteiger partial charge in [-0.3, -0.25) is 0 Å². The largest absolute Gasteiger partial charge is 0.251 e. The summed E-state index contributed by atoms with van der Waals surface area (Å²) in [5, 5.41) is 4.72. The monoisotopic (exact) mass is 268 g/mol. The SMILES string of the molecule is Cc1cc(C)nc(-n2nc(C)c3c2C[C@H]2[C@@H]3C2(C)C)n1. The number of fused-ring (bicyclic) bond motifs is 3. The molecule has 4 nitrogen and oxygen atoms in total. The lowest BCUT2D eigenvalue weighted by atomic mass is 9.98. The van der Waals surface area contributed by atoms with E-state index in [4.69, 9.17) is 5.10 Å². The zero-order valence-electron chi connectivity index (χ0n) is 12.7. The van der Waals surface area contributed by atoms with E-state index in [2.05, 4.69) is 30.7 Å². The molecule has 4 heteroatoms. The highest BCUT2D eigenvalue weighted by atomic mass is 15.4. The van der Waals surface area contributed by atoms with Crippen LogP contribution < -0.4 is 0 Å². The maximum absolute atomic E-state index is 4.72. The molecule has 104 valence electrons. The summed E-state index contributed by atoms with van der Waals surface area (Å²) in [5.74, 6) is 2.20. The summed E-state index contributed by atoms with van der Waals surface area (Å²) in [6, 6.07) is 2.00. The van der Waals surface area contributed by atoms with Crippen LogP contribution in [0.2, 0.25) is 0 Å². The Labute approximate surface area is 119 Å². The molecule has 2 aliphatic carbocycles. The van der Waals surface area contributed by atoms with Crippen molar-refractivity contribution in [1.82, 2.24) is 19.7 Å². The predicted octanol–water partition coefficient (Wildman–Crippen LogP) is 2.88. The van der Waals surface area contributed by atoms with Crippen LogP contribution in [0.3, 0.4) is 0 Å². The molecule has 0 N–H and O–H groups in total. The molecular formula is C16H20N4. The van der Waals surface area contributed by atoms with Gasteiger partial charge in [0.05, 0.1) is 11.4 Å². The fourth-order valence-corrected chi connectivity index (χ4v) is 4.06. The minimum atomic E-state index is 0.453. The molecule has 20 heavy (non-hydrogen) atoms. The first-order valence-corrected chi connectivity index (χ1v) is 7.30. The standard InChI is InChI=1S/C16H20N4/c1-8-6-9(2)18-15(17-8)20-12-7-11-14(16(11,4)5)13(12)10(3)19-20/h6,11,14H,7H2,1-5H3/t11-,14-/m0/s1. The Bertz CT molecular complexity index is 706. The smallest absolute Gasteiger partial charge is 0.216 e. The van der Waals surface area contributed by atoms with E-state index in [1.54, 1.807) is 0 Å². The molecule has 2 aromatic heterocycles. The second kappa shape index (κ2) is 3.48. The van der Waals surface area contributed by atoms with Crippen LogP contribution >= 0.6 is 0 Å². The van der Waals surface area contributed by atoms with E-state index < -0.39 is 0 Å². The minimum absolute atomic E-state index is 0.453. The van der Waals surface area contributed by atoms with Gasteiger partial charge in [0.25, 0.3) is 5.95 Å². The summed E-state index contributed by atoms with van der Waals surface area (Å²) in [5.41, 5.74) is 6.40. The predicted molar refractivity (Wildman–Crippen MR) is 77.1 cm³/mol. The van der Waals surface area contributed by atoms with Gasteiger partial charge in [-0.15, -0.1) is 0 Å². The maximum Gasteiger partial charge on any atom is 0.251 e. The Hall–Kier alpha value is -1.71. The summed E-state index contributed by atoms with van der Waals surface area (Å²) in [6.07, 6.45) is 1.12. The zero-order chi connectivity index (χ0) is 14.2. The Morgan fingerprint density at radius 1 is 1.15 bits per heavy atom. The third-order valence-corrected chi connectivity index (χ3v) is 5.14. The number of aromatic nitrogens is 4. The minimum Gasteiger partial charge on any atom is -0.216 e. The summed E-state index contributed by atoms with van der Waals surface area (Å²) in [6.45, 7) is 10.9. The highest BCUT2D eigenvalue weighted by molar-refractivity contribution is 5.47. The normalized spacial score (nSPS) is 25.4. The lowest BCUT2D eigenvalue weighted by Gasteiger charge is -2.10. The molecule has 0 aromatic carbocycles. The quantitative estimate of drug-likeness (QED) is 0.798. The summed E-state index contributed by atoms with van der Waals surface area (Å²) >= 11 is 0. The van der Waals surface area contributed by atoms with Gasteiger partial charge in [-0.25, -0.2) is 14.6 Å². The van der Waals surface area contributed by atoms with Crippen LogP contribution in [0.1, 0.15) is 48.1 Å². The van der Waals surface area contributed by atoms with Crippen LogP contribution in [-0.4, -0.2) is 19.7 Å². The molecule has 2 heterocycles. The second-order valence-corrected chi connectivity index (χ2v) is 6.92. The number of rotatable bonds is 1. The molecule has 0 saturated heterocycles. The van der Waals surface area contributed by atoms with E-state index >= 15 is 0 Å². The summed E-state index contributed by atoms with van der Waals surface area (Å²) in [7, 11) is 0. The first-order chi connectivity index (χ1) is 9.39. The van der Waals surface area contributed by atoms with Gasteiger partial charge >= 0.3 is 0 Å². The zero-order valence-corrected chi connectivity index (χ0v) is 12.7. The van der Waals surface area contributed by atoms with Crippen LogP contribution in [0.5, 0.6) is 0 Å². The van der Waals surface area contributed by atoms with Crippen molar-refractivity contribution in [2.45, 2.75) is 47.0 Å². The van der Waals surface area contributed by atoms with Gasteiger partial charge in [-0.05, 0) is 50.5 Å². The molecule has 4 rings (SSSR count). The van der Waals surface area contributed by atoms with E-state index in [1.807, 2.05) is 24.6 Å². The molecule has 0 bridgehead atoms. The third-order valence-electron chi connectivity index (χ3n) is 5.14. The lowest BCUT2D eigenvalue weighted by molar-refractivity contribution is 0.531. The molecular weight excluding hydrogens is 248 g/mol. The van der Waals surface area contributed by atoms with E-state index in [0.29, 0.717) is 11.3 Å². The number of nitrogens with zero attached hydrogens (tertiary/aromatic N) is 4. The van der Waals surface area contributed by atoms with Gasteiger partial charge in [0.15, 0.2) is 0 Å². The summed E-state index contributed by atoms with van der Waals surface area (Å²) in [4.78, 5) is 9.12. The molecule has 2 aliphatic rings. The van der Waals surface area contributed by atoms with Gasteiger partial charge in [-0.2, -0.15) is 5.10 Å². The van der Waals surface area contributed by atoms with Crippen LogP contribution in [0.15, 0.2) is 6.07 Å². The fourth-order valence-electron chi connectivity index (χ4n) is 4.06. The number of aryl methyl sites for hydroxylation is 3. The molecule has 2 atom stereocenters. The van der Waals surface area contributed by atoms with Gasteiger partial charge in [0, 0.05) is 17.0 Å². The van der Waals surface area contributed by atoms with Crippen LogP contribution in [0.25, 0.3) is 5.95 Å². The van der Waals surface area contributed by atoms with Crippen molar-refractivity contribution in [2.24, 2.45) is 11.3 Å². The first-order valence-electron chi connectivity index (χ1n) is 7.30. The van der Waals surface area contributed by atoms with Crippen molar-refractivity contribution in [1.29, 1.82) is 0 Å². The van der Waals surface area contributed by atoms with Gasteiger partial charge in [-0.1, -0.05) is 13.8 Å². The lowest BCUT2D eigenvalue weighted by Crippen LogP contribution is -2.10. The maximum atomic E-state index is 4.72. The van der Waals surface area contributed by atoms with E-state index in [1.165, 1.54) is 11.3 Å². The molecule has 1 saturated carbocycles. The average molecular weight is 268 g/mol. The molecule has 0 spiro atoms. The molecule has 0 aliphatic heterocycles. The summed E-state index contributed by atoms with van der Waals surface area (Å²) < 4.78 is 1.98. The molecule has 2 aromatic rings. The molecule has 0 radical (unpaired) electrons. The van der Waals surface area contributed by atoms with Crippen LogP contribution in [0.4, 0.5) is 0 Å². The van der Waals surface area contributed by atoms with E-state index in [-0.39, 0.29) is 0 Å². The highest BCUT2D eigenvalue weighted by Crippen LogP contribution is 2.70. The average Bonchev–Trinajstić information content (AvgIpc) is 2.71. The van der Waals surface area contributed by atoms with E-state index in [0.717, 1.165) is 35.4 Å². The number of hydrogen-bond acceptors (Lipinski definition) is 3. The topological polar surface area (TPSA) is 43.6 Å². The molecule has 0 amide bonds. The fraction of sp³-hybridized carbons (Fsp3) is 0.562. The van der Waals surface area contributed by atoms with Crippen molar-refractivity contribution in [3.8, 4) is 5.95 Å². The Balaban J connectivity index is 1.87. The highest BCUT2D eigenvalue weighted by Gasteiger charge is 2.63. The third kappa shape index (κ3) is 1.39. The van der Waals surface area contributed by atoms with Gasteiger partial charge in [0.1, 0.15) is 0 Å². The first kappa shape index (κ1) is 12.1. The van der Waals surface area contributed by atoms with Gasteiger partial charge < -0.3 is 0 Å². The van der Waals surface area contributed by atoms with Crippen molar-refractivity contribution < 1.29 is 0 Å². The van der Waals surface area contributed by atoms with Crippen molar-refractivity contribution in [2.75, 3.05) is 0 Å². The second-order valence-electron chi connectivity index (χ2n) is 6.92. The van der Waals surface area contributed by atoms with Crippen molar-refractivity contribution in [3.05, 3.63) is 34.4 Å². The Kier molecular flexibility index (Phi) is 2.10. The Morgan fingerprint density at radius 3 is 2.45 bits per heavy atom. The molecule has 1 fully saturated rings. The molecule has 0 unspecified atom stereocenters. The Morgan fingerprint density at radius 2 is 1.80 bits per heavy atom. The van der Waals surface area contributed by atoms with E-state index in [9.17, 15) is 0 Å². The van der Waals surface area contributed by atoms with Crippen molar-refractivity contribution in [3.63, 3.8) is 0 Å².